The highest BCUT2D eigenvalue weighted by Gasteiger charge is 2.32. The smallest absolute Gasteiger partial charge is 0.0490 e. The molecule has 2 nitrogen and oxygen atoms in total. The second-order valence-corrected chi connectivity index (χ2v) is 14.4. The fourth-order valence-corrected chi connectivity index (χ4v) is 9.58. The van der Waals surface area contributed by atoms with Crippen LogP contribution in [-0.4, -0.2) is 9.55 Å². The summed E-state index contributed by atoms with van der Waals surface area (Å²) in [6.07, 6.45) is 41.1. The Hall–Kier alpha value is -3.52. The number of benzene rings is 1. The molecule has 0 saturated heterocycles. The van der Waals surface area contributed by atoms with Crippen LogP contribution in [0.3, 0.4) is 0 Å². The molecule has 3 aromatic rings. The molecule has 1 fully saturated rings. The topological polar surface area (TPSA) is 20.7 Å². The van der Waals surface area contributed by atoms with Crippen LogP contribution in [0.2, 0.25) is 0 Å². The molecular formula is C42H46N2. The average Bonchev–Trinajstić information content (AvgIpc) is 3.64. The van der Waals surface area contributed by atoms with Crippen LogP contribution >= 0.6 is 0 Å². The molecule has 0 radical (unpaired) electrons. The molecule has 9 rings (SSSR count). The molecule has 2 heterocycles. The van der Waals surface area contributed by atoms with E-state index in [0.29, 0.717) is 11.8 Å². The van der Waals surface area contributed by atoms with Crippen molar-refractivity contribution in [1.29, 1.82) is 0 Å². The van der Waals surface area contributed by atoms with E-state index in [2.05, 4.69) is 82.4 Å². The molecule has 6 aliphatic rings. The summed E-state index contributed by atoms with van der Waals surface area (Å²) >= 11 is 0. The Balaban J connectivity index is 1.13. The van der Waals surface area contributed by atoms with Crippen molar-refractivity contribution in [3.05, 3.63) is 106 Å². The minimum absolute atomic E-state index is 0.514. The summed E-state index contributed by atoms with van der Waals surface area (Å²) < 4.78 is 2.75. The van der Waals surface area contributed by atoms with Crippen molar-refractivity contribution < 1.29 is 0 Å². The highest BCUT2D eigenvalue weighted by atomic mass is 15.0. The van der Waals surface area contributed by atoms with Crippen LogP contribution in [0.15, 0.2) is 66.3 Å². The van der Waals surface area contributed by atoms with E-state index in [1.807, 2.05) is 0 Å². The normalized spacial score (nSPS) is 24.9. The second kappa shape index (κ2) is 11.1. The van der Waals surface area contributed by atoms with Gasteiger partial charge in [-0.25, -0.2) is 0 Å². The van der Waals surface area contributed by atoms with E-state index in [1.165, 1.54) is 103 Å². The van der Waals surface area contributed by atoms with Crippen molar-refractivity contribution >= 4 is 34.3 Å². The van der Waals surface area contributed by atoms with E-state index in [9.17, 15) is 0 Å². The van der Waals surface area contributed by atoms with Gasteiger partial charge in [-0.3, -0.25) is 0 Å². The zero-order valence-corrected chi connectivity index (χ0v) is 26.2. The van der Waals surface area contributed by atoms with Gasteiger partial charge in [0.15, 0.2) is 0 Å². The lowest BCUT2D eigenvalue weighted by molar-refractivity contribution is 0.285. The number of rotatable bonds is 4. The van der Waals surface area contributed by atoms with Gasteiger partial charge in [-0.2, -0.15) is 0 Å². The maximum atomic E-state index is 3.75. The number of H-pyrrole nitrogens is 1. The van der Waals surface area contributed by atoms with E-state index in [1.54, 1.807) is 28.1 Å². The first-order valence-electron chi connectivity index (χ1n) is 17.8. The van der Waals surface area contributed by atoms with E-state index >= 15 is 0 Å². The predicted molar refractivity (Wildman–Crippen MR) is 186 cm³/mol. The zero-order valence-electron chi connectivity index (χ0n) is 26.2. The predicted octanol–water partition coefficient (Wildman–Crippen LogP) is 10.8. The number of nitrogens with zero attached hydrogens (tertiary/aromatic N) is 1. The molecule has 2 atom stereocenters. The van der Waals surface area contributed by atoms with Gasteiger partial charge in [0.2, 0.25) is 0 Å². The van der Waals surface area contributed by atoms with Gasteiger partial charge in [0.25, 0.3) is 0 Å². The Bertz CT molecular complexity index is 1800. The molecule has 2 heteroatoms. The van der Waals surface area contributed by atoms with Gasteiger partial charge in [0, 0.05) is 39.6 Å². The van der Waals surface area contributed by atoms with Crippen molar-refractivity contribution in [3.8, 4) is 0 Å². The van der Waals surface area contributed by atoms with E-state index in [-0.39, 0.29) is 0 Å². The first kappa shape index (κ1) is 26.8. The number of hydrogen-bond acceptors (Lipinski definition) is 0. The lowest BCUT2D eigenvalue weighted by atomic mass is 9.74. The number of nitrogens with one attached hydrogen (secondary N) is 1. The van der Waals surface area contributed by atoms with Crippen molar-refractivity contribution in [2.24, 2.45) is 17.8 Å². The van der Waals surface area contributed by atoms with Gasteiger partial charge in [-0.15, -0.1) is 0 Å². The SMILES string of the molecule is C1=CCC(C2=CC(C3CCCCC3)CC(n3c4c(c5c3CCC(c3ccc6[nH]c7c(c6c3)CCCC7)=C5)CCC=C4)=C2)C=C1. The first-order chi connectivity index (χ1) is 21.8. The Morgan fingerprint density at radius 3 is 2.66 bits per heavy atom. The van der Waals surface area contributed by atoms with Crippen molar-refractivity contribution in [2.45, 2.75) is 96.3 Å². The largest absolute Gasteiger partial charge is 0.358 e. The van der Waals surface area contributed by atoms with Gasteiger partial charge in [-0.05, 0) is 153 Å². The minimum Gasteiger partial charge on any atom is -0.358 e. The number of aromatic amines is 1. The molecule has 1 N–H and O–H groups in total. The fourth-order valence-electron chi connectivity index (χ4n) is 9.58. The van der Waals surface area contributed by atoms with Crippen LogP contribution in [-0.2, 0) is 25.7 Å². The molecule has 2 aromatic heterocycles. The summed E-state index contributed by atoms with van der Waals surface area (Å²) in [6, 6.07) is 7.24. The molecule has 224 valence electrons. The fraction of sp³-hybridized carbons (Fsp3) is 0.429. The Morgan fingerprint density at radius 1 is 0.818 bits per heavy atom. The highest BCUT2D eigenvalue weighted by Crippen LogP contribution is 2.45. The molecule has 6 aliphatic carbocycles. The van der Waals surface area contributed by atoms with Crippen LogP contribution in [0.4, 0.5) is 0 Å². The average molecular weight is 579 g/mol. The Kier molecular flexibility index (Phi) is 6.79. The summed E-state index contributed by atoms with van der Waals surface area (Å²) in [5, 5.41) is 1.47. The van der Waals surface area contributed by atoms with Crippen LogP contribution in [0.1, 0.15) is 110 Å². The summed E-state index contributed by atoms with van der Waals surface area (Å²) in [7, 11) is 0. The van der Waals surface area contributed by atoms with Crippen molar-refractivity contribution in [1.82, 2.24) is 9.55 Å². The number of aryl methyl sites for hydroxylation is 2. The maximum absolute atomic E-state index is 3.75. The maximum Gasteiger partial charge on any atom is 0.0490 e. The van der Waals surface area contributed by atoms with Crippen LogP contribution in [0.25, 0.3) is 34.3 Å². The molecule has 0 aliphatic heterocycles. The number of allylic oxidation sites excluding steroid dienone is 10. The molecule has 1 aromatic carbocycles. The summed E-state index contributed by atoms with van der Waals surface area (Å²) in [6.45, 7) is 0. The number of fused-ring (bicyclic) bond motifs is 6. The number of aromatic nitrogens is 2. The minimum atomic E-state index is 0.514. The highest BCUT2D eigenvalue weighted by molar-refractivity contribution is 5.93. The molecule has 0 bridgehead atoms. The van der Waals surface area contributed by atoms with Crippen LogP contribution in [0, 0.1) is 17.8 Å². The van der Waals surface area contributed by atoms with Gasteiger partial charge < -0.3 is 9.55 Å². The summed E-state index contributed by atoms with van der Waals surface area (Å²) in [5.74, 6) is 2.02. The Labute approximate surface area is 263 Å². The first-order valence-corrected chi connectivity index (χ1v) is 17.8. The van der Waals surface area contributed by atoms with Crippen molar-refractivity contribution in [2.75, 3.05) is 0 Å². The zero-order chi connectivity index (χ0) is 29.0. The third-order valence-electron chi connectivity index (χ3n) is 11.8. The van der Waals surface area contributed by atoms with Crippen molar-refractivity contribution in [3.63, 3.8) is 0 Å². The number of hydrogen-bond donors (Lipinski definition) is 1. The molecular weight excluding hydrogens is 532 g/mol. The lowest BCUT2D eigenvalue weighted by Gasteiger charge is -2.34. The molecule has 44 heavy (non-hydrogen) atoms. The van der Waals surface area contributed by atoms with Crippen LogP contribution in [0.5, 0.6) is 0 Å². The third kappa shape index (κ3) is 4.59. The van der Waals surface area contributed by atoms with E-state index in [0.717, 1.165) is 38.0 Å². The molecule has 2 unspecified atom stereocenters. The molecule has 0 amide bonds. The monoisotopic (exact) mass is 578 g/mol. The van der Waals surface area contributed by atoms with Gasteiger partial charge >= 0.3 is 0 Å². The van der Waals surface area contributed by atoms with Gasteiger partial charge in [-0.1, -0.05) is 61.8 Å². The summed E-state index contributed by atoms with van der Waals surface area (Å²) in [4.78, 5) is 3.75. The third-order valence-corrected chi connectivity index (χ3v) is 11.8. The lowest BCUT2D eigenvalue weighted by Crippen LogP contribution is -2.22. The molecule has 0 spiro atoms. The van der Waals surface area contributed by atoms with Gasteiger partial charge in [0.05, 0.1) is 0 Å². The standard InChI is InChI=1S/C42H46N2/c1-3-11-28(12-4-1)32-23-33(29-13-5-2-6-14-29)25-34(24-32)44-41-18-10-8-16-36(41)38-27-31(20-22-42(38)44)30-19-21-40-37(26-30)35-15-7-9-17-39(35)43-40/h1,3-4,10-11,18-19,21,23-24,26-29,33,43H,2,5-9,12-17,20,22,25H2. The molecule has 1 saturated carbocycles. The van der Waals surface area contributed by atoms with Gasteiger partial charge in [0.1, 0.15) is 0 Å². The van der Waals surface area contributed by atoms with E-state index < -0.39 is 0 Å². The van der Waals surface area contributed by atoms with Crippen LogP contribution < -0.4 is 0 Å². The second-order valence-electron chi connectivity index (χ2n) is 14.4. The Morgan fingerprint density at radius 2 is 1.75 bits per heavy atom. The quantitative estimate of drug-likeness (QED) is 0.318. The summed E-state index contributed by atoms with van der Waals surface area (Å²) in [5.41, 5.74) is 16.6. The van der Waals surface area contributed by atoms with E-state index in [4.69, 9.17) is 0 Å².